The maximum Gasteiger partial charge on any atom is 0.261 e. The van der Waals surface area contributed by atoms with Gasteiger partial charge in [0.05, 0.1) is 18.2 Å². The van der Waals surface area contributed by atoms with Crippen molar-refractivity contribution in [1.82, 2.24) is 15.5 Å². The van der Waals surface area contributed by atoms with Gasteiger partial charge in [-0.3, -0.25) is 24.1 Å². The lowest BCUT2D eigenvalue weighted by Gasteiger charge is -2.13. The molecule has 2 aromatic rings. The zero-order valence-electron chi connectivity index (χ0n) is 15.9. The number of hydrogen-bond donors (Lipinski definition) is 2. The summed E-state index contributed by atoms with van der Waals surface area (Å²) in [6, 6.07) is 13.3. The first-order valence-corrected chi connectivity index (χ1v) is 9.15. The molecule has 0 saturated carbocycles. The normalized spacial score (nSPS) is 12.5. The van der Waals surface area contributed by atoms with E-state index in [9.17, 15) is 19.2 Å². The van der Waals surface area contributed by atoms with Crippen molar-refractivity contribution < 1.29 is 23.9 Å². The fraction of sp³-hybridized carbons (Fsp3) is 0.238. The van der Waals surface area contributed by atoms with Gasteiger partial charge in [0.25, 0.3) is 17.7 Å². The number of ether oxygens (including phenoxy) is 1. The van der Waals surface area contributed by atoms with Crippen molar-refractivity contribution in [2.75, 3.05) is 26.7 Å². The first kappa shape index (κ1) is 20.1. The predicted octanol–water partition coefficient (Wildman–Crippen LogP) is 1.23. The third-order valence-corrected chi connectivity index (χ3v) is 4.51. The fourth-order valence-electron chi connectivity index (χ4n) is 2.99. The molecule has 0 fully saturated rings. The van der Waals surface area contributed by atoms with Crippen molar-refractivity contribution in [3.05, 3.63) is 65.2 Å². The third-order valence-electron chi connectivity index (χ3n) is 4.51. The molecular weight excluding hydrogens is 374 g/mol. The molecule has 3 rings (SSSR count). The van der Waals surface area contributed by atoms with Gasteiger partial charge in [-0.2, -0.15) is 0 Å². The lowest BCUT2D eigenvalue weighted by molar-refractivity contribution is -0.121. The molecular formula is C21H21N3O5. The summed E-state index contributed by atoms with van der Waals surface area (Å²) in [7, 11) is 1.52. The number of imide groups is 1. The summed E-state index contributed by atoms with van der Waals surface area (Å²) in [5.74, 6) is -0.770. The molecule has 0 aromatic heterocycles. The SMILES string of the molecule is COc1cccc(C(=O)NCCNC(=O)CCN2C(=O)c3ccccc3C2=O)c1. The van der Waals surface area contributed by atoms with Crippen molar-refractivity contribution in [2.24, 2.45) is 0 Å². The Kier molecular flexibility index (Phi) is 6.23. The highest BCUT2D eigenvalue weighted by Crippen LogP contribution is 2.22. The zero-order chi connectivity index (χ0) is 20.8. The maximum atomic E-state index is 12.3. The highest BCUT2D eigenvalue weighted by molar-refractivity contribution is 6.21. The molecule has 8 heteroatoms. The van der Waals surface area contributed by atoms with Gasteiger partial charge in [-0.05, 0) is 30.3 Å². The first-order chi connectivity index (χ1) is 14.0. The van der Waals surface area contributed by atoms with Crippen molar-refractivity contribution in [3.8, 4) is 5.75 Å². The van der Waals surface area contributed by atoms with Crippen molar-refractivity contribution >= 4 is 23.6 Å². The zero-order valence-corrected chi connectivity index (χ0v) is 15.9. The molecule has 2 aromatic carbocycles. The molecule has 0 saturated heterocycles. The van der Waals surface area contributed by atoms with Crippen LogP contribution >= 0.6 is 0 Å². The van der Waals surface area contributed by atoms with Crippen LogP contribution < -0.4 is 15.4 Å². The molecule has 0 radical (unpaired) electrons. The van der Waals surface area contributed by atoms with Crippen LogP contribution in [0.15, 0.2) is 48.5 Å². The van der Waals surface area contributed by atoms with Gasteiger partial charge in [-0.1, -0.05) is 18.2 Å². The van der Waals surface area contributed by atoms with Gasteiger partial charge in [0.2, 0.25) is 5.91 Å². The van der Waals surface area contributed by atoms with E-state index in [0.717, 1.165) is 4.90 Å². The lowest BCUT2D eigenvalue weighted by Crippen LogP contribution is -2.37. The second kappa shape index (κ2) is 9.01. The Bertz CT molecular complexity index is 922. The summed E-state index contributed by atoms with van der Waals surface area (Å²) in [6.45, 7) is 0.486. The Balaban J connectivity index is 1.39. The summed E-state index contributed by atoms with van der Waals surface area (Å²) in [6.07, 6.45) is -0.00466. The van der Waals surface area contributed by atoms with E-state index in [-0.39, 0.29) is 49.7 Å². The molecule has 0 spiro atoms. The predicted molar refractivity (Wildman–Crippen MR) is 105 cm³/mol. The topological polar surface area (TPSA) is 105 Å². The first-order valence-electron chi connectivity index (χ1n) is 9.15. The number of benzene rings is 2. The van der Waals surface area contributed by atoms with Crippen molar-refractivity contribution in [1.29, 1.82) is 0 Å². The van der Waals surface area contributed by atoms with Crippen LogP contribution in [-0.2, 0) is 4.79 Å². The van der Waals surface area contributed by atoms with Crippen LogP contribution in [-0.4, -0.2) is 55.3 Å². The third kappa shape index (κ3) is 4.60. The molecule has 1 aliphatic heterocycles. The second-order valence-electron chi connectivity index (χ2n) is 6.40. The Morgan fingerprint density at radius 3 is 2.24 bits per heavy atom. The molecule has 0 aliphatic carbocycles. The molecule has 1 aliphatic rings. The van der Waals surface area contributed by atoms with Crippen molar-refractivity contribution in [3.63, 3.8) is 0 Å². The van der Waals surface area contributed by atoms with Crippen LogP contribution in [0.25, 0.3) is 0 Å². The number of fused-ring (bicyclic) bond motifs is 1. The molecule has 4 amide bonds. The highest BCUT2D eigenvalue weighted by Gasteiger charge is 2.34. The van der Waals surface area contributed by atoms with Crippen LogP contribution in [0, 0.1) is 0 Å². The molecule has 1 heterocycles. The molecule has 8 nitrogen and oxygen atoms in total. The molecule has 0 bridgehead atoms. The molecule has 0 atom stereocenters. The smallest absolute Gasteiger partial charge is 0.261 e. The Labute approximate surface area is 167 Å². The standard InChI is InChI=1S/C21H21N3O5/c1-29-15-6-4-5-14(13-15)19(26)23-11-10-22-18(25)9-12-24-20(27)16-7-2-3-8-17(16)21(24)28/h2-8,13H,9-12H2,1H3,(H,22,25)(H,23,26). The van der Waals surface area contributed by atoms with Crippen LogP contribution in [0.3, 0.4) is 0 Å². The number of methoxy groups -OCH3 is 1. The van der Waals surface area contributed by atoms with E-state index in [4.69, 9.17) is 4.74 Å². The Morgan fingerprint density at radius 1 is 0.931 bits per heavy atom. The number of nitrogens with one attached hydrogen (secondary N) is 2. The summed E-state index contributed by atoms with van der Waals surface area (Å²) in [5.41, 5.74) is 1.18. The summed E-state index contributed by atoms with van der Waals surface area (Å²) in [5, 5.41) is 5.36. The van der Waals surface area contributed by atoms with E-state index < -0.39 is 0 Å². The van der Waals surface area contributed by atoms with Gasteiger partial charge in [0.15, 0.2) is 0 Å². The van der Waals surface area contributed by atoms with Gasteiger partial charge >= 0.3 is 0 Å². The van der Waals surface area contributed by atoms with Crippen LogP contribution in [0.5, 0.6) is 5.75 Å². The van der Waals surface area contributed by atoms with Crippen LogP contribution in [0.4, 0.5) is 0 Å². The Hall–Kier alpha value is -3.68. The van der Waals surface area contributed by atoms with Gasteiger partial charge < -0.3 is 15.4 Å². The number of nitrogens with zero attached hydrogens (tertiary/aromatic N) is 1. The fourth-order valence-corrected chi connectivity index (χ4v) is 2.99. The van der Waals surface area contributed by atoms with E-state index in [1.807, 2.05) is 0 Å². The minimum absolute atomic E-state index is 0.00466. The number of carbonyl (C=O) groups excluding carboxylic acids is 4. The maximum absolute atomic E-state index is 12.3. The van der Waals surface area contributed by atoms with E-state index in [2.05, 4.69) is 10.6 Å². The van der Waals surface area contributed by atoms with Gasteiger partial charge in [0, 0.05) is 31.6 Å². The van der Waals surface area contributed by atoms with Gasteiger partial charge in [0.1, 0.15) is 5.75 Å². The number of carbonyl (C=O) groups is 4. The average Bonchev–Trinajstić information content (AvgIpc) is 2.99. The van der Waals surface area contributed by atoms with E-state index in [1.165, 1.54) is 7.11 Å². The van der Waals surface area contributed by atoms with Crippen molar-refractivity contribution in [2.45, 2.75) is 6.42 Å². The van der Waals surface area contributed by atoms with Crippen LogP contribution in [0.2, 0.25) is 0 Å². The molecule has 0 unspecified atom stereocenters. The monoisotopic (exact) mass is 395 g/mol. The molecule has 29 heavy (non-hydrogen) atoms. The van der Waals surface area contributed by atoms with E-state index in [1.54, 1.807) is 48.5 Å². The molecule has 2 N–H and O–H groups in total. The largest absolute Gasteiger partial charge is 0.497 e. The Morgan fingerprint density at radius 2 is 1.59 bits per heavy atom. The number of amides is 4. The quantitative estimate of drug-likeness (QED) is 0.517. The summed E-state index contributed by atoms with van der Waals surface area (Å²) >= 11 is 0. The second-order valence-corrected chi connectivity index (χ2v) is 6.40. The van der Waals surface area contributed by atoms with E-state index >= 15 is 0 Å². The van der Waals surface area contributed by atoms with E-state index in [0.29, 0.717) is 22.4 Å². The molecule has 150 valence electrons. The minimum atomic E-state index is -0.385. The number of rotatable bonds is 8. The average molecular weight is 395 g/mol. The highest BCUT2D eigenvalue weighted by atomic mass is 16.5. The number of hydrogen-bond acceptors (Lipinski definition) is 5. The van der Waals surface area contributed by atoms with Crippen LogP contribution in [0.1, 0.15) is 37.5 Å². The summed E-state index contributed by atoms with van der Waals surface area (Å²) < 4.78 is 5.08. The van der Waals surface area contributed by atoms with Gasteiger partial charge in [-0.25, -0.2) is 0 Å². The lowest BCUT2D eigenvalue weighted by atomic mass is 10.1. The minimum Gasteiger partial charge on any atom is -0.497 e. The van der Waals surface area contributed by atoms with Gasteiger partial charge in [-0.15, -0.1) is 0 Å². The summed E-state index contributed by atoms with van der Waals surface area (Å²) in [4.78, 5) is 49.7.